The van der Waals surface area contributed by atoms with Crippen molar-refractivity contribution >= 4 is 5.97 Å². The van der Waals surface area contributed by atoms with Crippen LogP contribution in [0.1, 0.15) is 117 Å². The van der Waals surface area contributed by atoms with Crippen molar-refractivity contribution in [1.82, 2.24) is 0 Å². The largest absolute Gasteiger partial charge is 0.413 e. The van der Waals surface area contributed by atoms with E-state index in [2.05, 4.69) is 6.92 Å². The Kier molecular flexibility index (Phi) is 18.0. The normalized spacial score (nSPS) is 12.9. The molecule has 0 saturated carbocycles. The number of quaternary nitrogens is 1. The van der Waals surface area contributed by atoms with Crippen molar-refractivity contribution in [2.75, 3.05) is 27.2 Å². The molecule has 0 bridgehead atoms. The molecule has 0 aromatic rings. The van der Waals surface area contributed by atoms with Crippen molar-refractivity contribution in [3.63, 3.8) is 0 Å². The highest BCUT2D eigenvalue weighted by Gasteiger charge is 2.26. The van der Waals surface area contributed by atoms with Gasteiger partial charge < -0.3 is 9.84 Å². The third kappa shape index (κ3) is 16.4. The van der Waals surface area contributed by atoms with Gasteiger partial charge in [-0.05, 0) is 6.42 Å². The minimum Gasteiger partial charge on any atom is -0.413 e. The highest BCUT2D eigenvalue weighted by Crippen LogP contribution is 2.14. The van der Waals surface area contributed by atoms with Gasteiger partial charge in [-0.25, -0.2) is 0 Å². The number of likely N-dealkylation sites (N-methyl/N-ethyl adjacent to an activating group) is 1. The van der Waals surface area contributed by atoms with Crippen LogP contribution in [0, 0.1) is 0 Å². The summed E-state index contributed by atoms with van der Waals surface area (Å²) in [6.07, 6.45) is 20.2. The molecule has 0 saturated heterocycles. The molecule has 0 aliphatic heterocycles. The SMILES string of the molecule is CCCCCCCCCCCCCCCCCC(=O)OC(C)[N+](C)(C)CCO. The number of carbonyl (C=O) groups excluding carboxylic acids is 1. The second kappa shape index (κ2) is 18.4. The Morgan fingerprint density at radius 3 is 1.57 bits per heavy atom. The fourth-order valence-electron chi connectivity index (χ4n) is 3.47. The Bertz CT molecular complexity index is 358. The first-order chi connectivity index (χ1) is 13.4. The Hall–Kier alpha value is -0.610. The van der Waals surface area contributed by atoms with Gasteiger partial charge in [-0.15, -0.1) is 0 Å². The van der Waals surface area contributed by atoms with E-state index in [0.717, 1.165) is 12.8 Å². The number of carbonyl (C=O) groups is 1. The van der Waals surface area contributed by atoms with Crippen molar-refractivity contribution in [2.24, 2.45) is 0 Å². The molecule has 1 unspecified atom stereocenters. The Morgan fingerprint density at radius 2 is 1.18 bits per heavy atom. The lowest BCUT2D eigenvalue weighted by Gasteiger charge is -2.34. The lowest BCUT2D eigenvalue weighted by Crippen LogP contribution is -2.51. The van der Waals surface area contributed by atoms with Crippen LogP contribution < -0.4 is 0 Å². The van der Waals surface area contributed by atoms with Gasteiger partial charge in [0.2, 0.25) is 6.23 Å². The van der Waals surface area contributed by atoms with Crippen molar-refractivity contribution in [2.45, 2.75) is 123 Å². The van der Waals surface area contributed by atoms with Crippen LogP contribution in [0.15, 0.2) is 0 Å². The zero-order valence-electron chi connectivity index (χ0n) is 19.5. The van der Waals surface area contributed by atoms with E-state index in [1.54, 1.807) is 0 Å². The lowest BCUT2D eigenvalue weighted by molar-refractivity contribution is -0.932. The van der Waals surface area contributed by atoms with Crippen LogP contribution >= 0.6 is 0 Å². The van der Waals surface area contributed by atoms with E-state index in [9.17, 15) is 4.79 Å². The molecule has 0 aliphatic carbocycles. The van der Waals surface area contributed by atoms with E-state index in [-0.39, 0.29) is 18.8 Å². The van der Waals surface area contributed by atoms with Gasteiger partial charge in [0.15, 0.2) is 0 Å². The Morgan fingerprint density at radius 1 is 0.786 bits per heavy atom. The predicted molar refractivity (Wildman–Crippen MR) is 119 cm³/mol. The molecule has 0 rings (SSSR count). The van der Waals surface area contributed by atoms with Gasteiger partial charge in [0, 0.05) is 13.3 Å². The maximum atomic E-state index is 11.9. The molecule has 0 aromatic heterocycles. The molecule has 168 valence electrons. The number of nitrogens with zero attached hydrogens (tertiary/aromatic N) is 1. The predicted octanol–water partition coefficient (Wildman–Crippen LogP) is 6.21. The van der Waals surface area contributed by atoms with Crippen LogP contribution in [0.4, 0.5) is 0 Å². The van der Waals surface area contributed by atoms with Gasteiger partial charge in [-0.2, -0.15) is 0 Å². The van der Waals surface area contributed by atoms with Gasteiger partial charge in [0.1, 0.15) is 6.54 Å². The van der Waals surface area contributed by atoms with E-state index in [4.69, 9.17) is 9.84 Å². The highest BCUT2D eigenvalue weighted by atomic mass is 16.6. The summed E-state index contributed by atoms with van der Waals surface area (Å²) >= 11 is 0. The molecular formula is C24H50NO3+. The average Bonchev–Trinajstić information content (AvgIpc) is 2.64. The molecule has 4 nitrogen and oxygen atoms in total. The number of esters is 1. The minimum absolute atomic E-state index is 0.105. The number of hydrogen-bond acceptors (Lipinski definition) is 3. The van der Waals surface area contributed by atoms with E-state index in [1.807, 2.05) is 21.0 Å². The molecule has 1 atom stereocenters. The summed E-state index contributed by atoms with van der Waals surface area (Å²) in [5, 5.41) is 9.08. The van der Waals surface area contributed by atoms with Crippen LogP contribution in [0.2, 0.25) is 0 Å². The summed E-state index contributed by atoms with van der Waals surface area (Å²) in [5.74, 6) is -0.105. The average molecular weight is 401 g/mol. The molecule has 0 spiro atoms. The van der Waals surface area contributed by atoms with E-state index in [0.29, 0.717) is 17.4 Å². The number of hydrogen-bond donors (Lipinski definition) is 1. The van der Waals surface area contributed by atoms with Gasteiger partial charge in [0.05, 0.1) is 20.7 Å². The summed E-state index contributed by atoms with van der Waals surface area (Å²) in [5.41, 5.74) is 0. The third-order valence-corrected chi connectivity index (χ3v) is 5.95. The summed E-state index contributed by atoms with van der Waals surface area (Å²) in [4.78, 5) is 11.9. The first kappa shape index (κ1) is 27.4. The van der Waals surface area contributed by atoms with E-state index < -0.39 is 0 Å². The van der Waals surface area contributed by atoms with E-state index in [1.165, 1.54) is 83.5 Å². The van der Waals surface area contributed by atoms with Crippen LogP contribution in [-0.2, 0) is 9.53 Å². The zero-order chi connectivity index (χ0) is 21.1. The first-order valence-corrected chi connectivity index (χ1v) is 12.1. The van der Waals surface area contributed by atoms with Crippen LogP contribution in [0.3, 0.4) is 0 Å². The molecule has 28 heavy (non-hydrogen) atoms. The van der Waals surface area contributed by atoms with Gasteiger partial charge in [-0.1, -0.05) is 96.8 Å². The monoisotopic (exact) mass is 400 g/mol. The maximum Gasteiger partial charge on any atom is 0.310 e. The molecule has 4 heteroatoms. The van der Waals surface area contributed by atoms with Crippen LogP contribution in [0.25, 0.3) is 0 Å². The Balaban J connectivity index is 3.38. The van der Waals surface area contributed by atoms with Crippen LogP contribution in [0.5, 0.6) is 0 Å². The molecule has 0 heterocycles. The van der Waals surface area contributed by atoms with Gasteiger partial charge >= 0.3 is 5.97 Å². The number of aliphatic hydroxyl groups is 1. The van der Waals surface area contributed by atoms with Crippen molar-refractivity contribution in [3.05, 3.63) is 0 Å². The topological polar surface area (TPSA) is 46.5 Å². The van der Waals surface area contributed by atoms with Gasteiger partial charge in [0.25, 0.3) is 0 Å². The molecule has 0 amide bonds. The van der Waals surface area contributed by atoms with Crippen molar-refractivity contribution in [1.29, 1.82) is 0 Å². The zero-order valence-corrected chi connectivity index (χ0v) is 19.5. The van der Waals surface area contributed by atoms with Crippen molar-refractivity contribution < 1.29 is 19.1 Å². The van der Waals surface area contributed by atoms with Gasteiger partial charge in [-0.3, -0.25) is 9.28 Å². The number of unbranched alkanes of at least 4 members (excludes halogenated alkanes) is 14. The second-order valence-corrected chi connectivity index (χ2v) is 9.01. The van der Waals surface area contributed by atoms with Crippen LogP contribution in [-0.4, -0.2) is 49.0 Å². The molecular weight excluding hydrogens is 350 g/mol. The number of aliphatic hydroxyl groups excluding tert-OH is 1. The standard InChI is InChI=1S/C24H50NO3/c1-5-6-7-8-9-10-11-12-13-14-15-16-17-18-19-20-24(27)28-23(2)25(3,4)21-22-26/h23,26H,5-22H2,1-4H3/q+1. The number of rotatable bonds is 20. The number of ether oxygens (including phenoxy) is 1. The van der Waals surface area contributed by atoms with E-state index >= 15 is 0 Å². The fraction of sp³-hybridized carbons (Fsp3) is 0.958. The third-order valence-electron chi connectivity index (χ3n) is 5.95. The summed E-state index contributed by atoms with van der Waals surface area (Å²) in [6.45, 7) is 4.87. The summed E-state index contributed by atoms with van der Waals surface area (Å²) in [6, 6.07) is 0. The molecule has 0 radical (unpaired) electrons. The smallest absolute Gasteiger partial charge is 0.310 e. The maximum absolute atomic E-state index is 11.9. The summed E-state index contributed by atoms with van der Waals surface area (Å²) in [7, 11) is 3.95. The minimum atomic E-state index is -0.212. The first-order valence-electron chi connectivity index (χ1n) is 12.1. The molecule has 0 aliphatic rings. The fourth-order valence-corrected chi connectivity index (χ4v) is 3.47. The quantitative estimate of drug-likeness (QED) is 0.114. The second-order valence-electron chi connectivity index (χ2n) is 9.01. The molecule has 1 N–H and O–H groups in total. The summed E-state index contributed by atoms with van der Waals surface area (Å²) < 4.78 is 6.01. The molecule has 0 fully saturated rings. The Labute approximate surface area is 175 Å². The molecule has 0 aromatic carbocycles. The lowest BCUT2D eigenvalue weighted by atomic mass is 10.0. The highest BCUT2D eigenvalue weighted by molar-refractivity contribution is 5.69. The van der Waals surface area contributed by atoms with Crippen molar-refractivity contribution in [3.8, 4) is 0 Å².